The highest BCUT2D eigenvalue weighted by Crippen LogP contribution is 2.33. The van der Waals surface area contributed by atoms with Gasteiger partial charge < -0.3 is 10.1 Å². The van der Waals surface area contributed by atoms with Crippen LogP contribution in [0.25, 0.3) is 16.9 Å². The van der Waals surface area contributed by atoms with Crippen LogP contribution in [0.3, 0.4) is 0 Å². The Bertz CT molecular complexity index is 933. The summed E-state index contributed by atoms with van der Waals surface area (Å²) in [5.41, 5.74) is 1.42. The van der Waals surface area contributed by atoms with Crippen LogP contribution < -0.4 is 10.1 Å². The van der Waals surface area contributed by atoms with E-state index in [4.69, 9.17) is 4.74 Å². The van der Waals surface area contributed by atoms with E-state index < -0.39 is 11.9 Å². The van der Waals surface area contributed by atoms with Crippen LogP contribution in [0.1, 0.15) is 11.3 Å². The Labute approximate surface area is 159 Å². The maximum Gasteiger partial charge on any atom is 0.435 e. The fraction of sp³-hybridized carbons (Fsp3) is 0.200. The van der Waals surface area contributed by atoms with E-state index in [2.05, 4.69) is 10.4 Å². The molecule has 0 bridgehead atoms. The van der Waals surface area contributed by atoms with Gasteiger partial charge >= 0.3 is 6.18 Å². The minimum atomic E-state index is -4.55. The first-order chi connectivity index (χ1) is 13.4. The van der Waals surface area contributed by atoms with E-state index in [9.17, 15) is 18.0 Å². The van der Waals surface area contributed by atoms with Gasteiger partial charge in [-0.1, -0.05) is 24.3 Å². The summed E-state index contributed by atoms with van der Waals surface area (Å²) >= 11 is 0. The molecule has 0 aliphatic carbocycles. The first kappa shape index (κ1) is 19.5. The predicted octanol–water partition coefficient (Wildman–Crippen LogP) is 3.86. The SMILES string of the molecule is COc1ccc(-n2nc(C(F)(F)F)cc2-c2ccc(CCNC=O)cc2)cc1. The summed E-state index contributed by atoms with van der Waals surface area (Å²) < 4.78 is 46.1. The van der Waals surface area contributed by atoms with Crippen molar-refractivity contribution in [2.75, 3.05) is 13.7 Å². The van der Waals surface area contributed by atoms with E-state index >= 15 is 0 Å². The molecule has 0 aliphatic heterocycles. The van der Waals surface area contributed by atoms with E-state index in [1.807, 2.05) is 12.1 Å². The Morgan fingerprint density at radius 1 is 1.11 bits per heavy atom. The predicted molar refractivity (Wildman–Crippen MR) is 98.3 cm³/mol. The standard InChI is InChI=1S/C20H18F3N3O2/c1-28-17-8-6-16(7-9-17)26-18(12-19(25-26)20(21,22)23)15-4-2-14(3-5-15)10-11-24-13-27/h2-9,12-13H,10-11H2,1H3,(H,24,27). The number of methoxy groups -OCH3 is 1. The number of hydrogen-bond acceptors (Lipinski definition) is 3. The van der Waals surface area contributed by atoms with E-state index in [1.54, 1.807) is 36.4 Å². The number of alkyl halides is 3. The van der Waals surface area contributed by atoms with Gasteiger partial charge in [0.05, 0.1) is 18.5 Å². The van der Waals surface area contributed by atoms with Gasteiger partial charge in [-0.05, 0) is 42.3 Å². The van der Waals surface area contributed by atoms with Crippen molar-refractivity contribution in [2.24, 2.45) is 0 Å². The third-order valence-electron chi connectivity index (χ3n) is 4.21. The van der Waals surface area contributed by atoms with Gasteiger partial charge in [-0.2, -0.15) is 18.3 Å². The van der Waals surface area contributed by atoms with Crippen LogP contribution in [0.2, 0.25) is 0 Å². The number of aromatic nitrogens is 2. The third kappa shape index (κ3) is 4.33. The van der Waals surface area contributed by atoms with Gasteiger partial charge in [-0.3, -0.25) is 4.79 Å². The van der Waals surface area contributed by atoms with Crippen LogP contribution in [0.5, 0.6) is 5.75 Å². The molecule has 0 aliphatic rings. The molecule has 0 saturated carbocycles. The average molecular weight is 389 g/mol. The van der Waals surface area contributed by atoms with Crippen molar-refractivity contribution in [1.82, 2.24) is 15.1 Å². The first-order valence-corrected chi connectivity index (χ1v) is 8.50. The van der Waals surface area contributed by atoms with Gasteiger partial charge in [0.1, 0.15) is 5.75 Å². The zero-order valence-corrected chi connectivity index (χ0v) is 15.0. The molecule has 1 amide bonds. The Morgan fingerprint density at radius 2 is 1.79 bits per heavy atom. The van der Waals surface area contributed by atoms with Gasteiger partial charge in [-0.25, -0.2) is 4.68 Å². The lowest BCUT2D eigenvalue weighted by Crippen LogP contribution is -2.14. The second-order valence-corrected chi connectivity index (χ2v) is 6.04. The molecule has 0 radical (unpaired) electrons. The highest BCUT2D eigenvalue weighted by Gasteiger charge is 2.35. The topological polar surface area (TPSA) is 56.1 Å². The van der Waals surface area contributed by atoms with Crippen LogP contribution in [0, 0.1) is 0 Å². The monoisotopic (exact) mass is 389 g/mol. The quantitative estimate of drug-likeness (QED) is 0.493. The fourth-order valence-electron chi connectivity index (χ4n) is 2.76. The number of ether oxygens (including phenoxy) is 1. The van der Waals surface area contributed by atoms with Gasteiger partial charge in [0, 0.05) is 12.1 Å². The molecule has 1 heterocycles. The number of rotatable bonds is 7. The number of carbonyl (C=O) groups is 1. The summed E-state index contributed by atoms with van der Waals surface area (Å²) in [6, 6.07) is 14.8. The summed E-state index contributed by atoms with van der Waals surface area (Å²) in [6.07, 6.45) is -3.29. The average Bonchev–Trinajstić information content (AvgIpc) is 3.15. The molecule has 2 aromatic carbocycles. The van der Waals surface area contributed by atoms with Crippen molar-refractivity contribution in [3.63, 3.8) is 0 Å². The van der Waals surface area contributed by atoms with E-state index in [0.717, 1.165) is 11.6 Å². The highest BCUT2D eigenvalue weighted by atomic mass is 19.4. The highest BCUT2D eigenvalue weighted by molar-refractivity contribution is 5.63. The van der Waals surface area contributed by atoms with Crippen molar-refractivity contribution < 1.29 is 22.7 Å². The summed E-state index contributed by atoms with van der Waals surface area (Å²) in [6.45, 7) is 0.491. The van der Waals surface area contributed by atoms with Crippen molar-refractivity contribution in [1.29, 1.82) is 0 Å². The lowest BCUT2D eigenvalue weighted by molar-refractivity contribution is -0.141. The summed E-state index contributed by atoms with van der Waals surface area (Å²) in [5, 5.41) is 6.34. The number of nitrogens with zero attached hydrogens (tertiary/aromatic N) is 2. The Balaban J connectivity index is 1.98. The number of carbonyl (C=O) groups excluding carboxylic acids is 1. The number of hydrogen-bond donors (Lipinski definition) is 1. The molecule has 1 N–H and O–H groups in total. The maximum absolute atomic E-state index is 13.2. The van der Waals surface area contributed by atoms with Crippen LogP contribution in [0.15, 0.2) is 54.6 Å². The summed E-state index contributed by atoms with van der Waals surface area (Å²) in [7, 11) is 1.52. The molecule has 0 fully saturated rings. The Morgan fingerprint density at radius 3 is 2.36 bits per heavy atom. The minimum absolute atomic E-state index is 0.329. The van der Waals surface area contributed by atoms with Gasteiger partial charge in [0.25, 0.3) is 0 Å². The molecule has 0 unspecified atom stereocenters. The second-order valence-electron chi connectivity index (χ2n) is 6.04. The van der Waals surface area contributed by atoms with Crippen molar-refractivity contribution in [3.05, 3.63) is 65.9 Å². The number of nitrogens with one attached hydrogen (secondary N) is 1. The van der Waals surface area contributed by atoms with Crippen molar-refractivity contribution in [2.45, 2.75) is 12.6 Å². The Kier molecular flexibility index (Phi) is 5.67. The molecule has 0 spiro atoms. The first-order valence-electron chi connectivity index (χ1n) is 8.50. The normalized spacial score (nSPS) is 11.3. The maximum atomic E-state index is 13.2. The number of benzene rings is 2. The molecular weight excluding hydrogens is 371 g/mol. The number of amides is 1. The van der Waals surface area contributed by atoms with Crippen LogP contribution in [-0.2, 0) is 17.4 Å². The van der Waals surface area contributed by atoms with Gasteiger partial charge in [0.15, 0.2) is 5.69 Å². The molecule has 146 valence electrons. The zero-order chi connectivity index (χ0) is 20.1. The van der Waals surface area contributed by atoms with Crippen LogP contribution >= 0.6 is 0 Å². The summed E-state index contributed by atoms with van der Waals surface area (Å²) in [4.78, 5) is 10.3. The Hall–Kier alpha value is -3.29. The third-order valence-corrected chi connectivity index (χ3v) is 4.21. The van der Waals surface area contributed by atoms with E-state index in [-0.39, 0.29) is 0 Å². The minimum Gasteiger partial charge on any atom is -0.497 e. The molecule has 5 nitrogen and oxygen atoms in total. The molecule has 28 heavy (non-hydrogen) atoms. The molecular formula is C20H18F3N3O2. The van der Waals surface area contributed by atoms with E-state index in [0.29, 0.717) is 42.1 Å². The lowest BCUT2D eigenvalue weighted by Gasteiger charge is -2.09. The molecule has 3 aromatic rings. The van der Waals surface area contributed by atoms with Crippen LogP contribution in [-0.4, -0.2) is 29.8 Å². The lowest BCUT2D eigenvalue weighted by atomic mass is 10.1. The molecule has 8 heteroatoms. The number of halogens is 3. The smallest absolute Gasteiger partial charge is 0.435 e. The fourth-order valence-corrected chi connectivity index (χ4v) is 2.76. The van der Waals surface area contributed by atoms with Crippen molar-refractivity contribution in [3.8, 4) is 22.7 Å². The van der Waals surface area contributed by atoms with Gasteiger partial charge in [0.2, 0.25) is 6.41 Å². The molecule has 0 saturated heterocycles. The molecule has 3 rings (SSSR count). The van der Waals surface area contributed by atoms with Crippen LogP contribution in [0.4, 0.5) is 13.2 Å². The second kappa shape index (κ2) is 8.16. The molecule has 1 aromatic heterocycles. The van der Waals surface area contributed by atoms with Gasteiger partial charge in [-0.15, -0.1) is 0 Å². The van der Waals surface area contributed by atoms with E-state index in [1.165, 1.54) is 11.8 Å². The summed E-state index contributed by atoms with van der Waals surface area (Å²) in [5.74, 6) is 0.599. The largest absolute Gasteiger partial charge is 0.497 e. The molecule has 0 atom stereocenters. The van der Waals surface area contributed by atoms with Crippen molar-refractivity contribution >= 4 is 6.41 Å². The zero-order valence-electron chi connectivity index (χ0n) is 15.0.